The van der Waals surface area contributed by atoms with Crippen molar-refractivity contribution in [1.29, 1.82) is 0 Å². The van der Waals surface area contributed by atoms with Crippen LogP contribution in [0.3, 0.4) is 0 Å². The summed E-state index contributed by atoms with van der Waals surface area (Å²) in [6.07, 6.45) is 5.41. The zero-order valence-electron chi connectivity index (χ0n) is 12.9. The molecule has 1 N–H and O–H groups in total. The van der Waals surface area contributed by atoms with Crippen molar-refractivity contribution >= 4 is 43.2 Å². The standard InChI is InChI=1S/C14H20BrN3O3S2/c1-23(20,21)17-11-5-6-18(13(19)9-3-2-4-9)12(11)7-10-8-22-14(15)16-10/h8-9,11-12,17H,2-7H2,1H3. The van der Waals surface area contributed by atoms with Gasteiger partial charge in [-0.1, -0.05) is 6.42 Å². The molecular formula is C14H20BrN3O3S2. The Morgan fingerprint density at radius 3 is 2.74 bits per heavy atom. The Hall–Kier alpha value is -0.510. The van der Waals surface area contributed by atoms with Crippen LogP contribution in [0.15, 0.2) is 9.30 Å². The maximum Gasteiger partial charge on any atom is 0.225 e. The third-order valence-corrected chi connectivity index (χ3v) is 6.74. The predicted molar refractivity (Wildman–Crippen MR) is 92.7 cm³/mol. The van der Waals surface area contributed by atoms with Gasteiger partial charge in [0.15, 0.2) is 3.92 Å². The van der Waals surface area contributed by atoms with Gasteiger partial charge < -0.3 is 4.90 Å². The second-order valence-electron chi connectivity index (χ2n) is 6.31. The second kappa shape index (κ2) is 6.78. The molecule has 0 bridgehead atoms. The Labute approximate surface area is 148 Å². The van der Waals surface area contributed by atoms with Gasteiger partial charge in [0.2, 0.25) is 15.9 Å². The van der Waals surface area contributed by atoms with Crippen molar-refractivity contribution in [1.82, 2.24) is 14.6 Å². The molecule has 1 amide bonds. The van der Waals surface area contributed by atoms with Gasteiger partial charge in [-0.25, -0.2) is 18.1 Å². The quantitative estimate of drug-likeness (QED) is 0.785. The SMILES string of the molecule is CS(=O)(=O)NC1CCN(C(=O)C2CCC2)C1Cc1csc(Br)n1. The number of rotatable bonds is 5. The molecule has 1 aliphatic heterocycles. The molecule has 9 heteroatoms. The maximum atomic E-state index is 12.7. The van der Waals surface area contributed by atoms with Crippen LogP contribution in [-0.4, -0.2) is 49.1 Å². The number of hydrogen-bond acceptors (Lipinski definition) is 5. The molecule has 0 radical (unpaired) electrons. The van der Waals surface area contributed by atoms with Crippen molar-refractivity contribution in [2.75, 3.05) is 12.8 Å². The molecule has 128 valence electrons. The summed E-state index contributed by atoms with van der Waals surface area (Å²) in [6.45, 7) is 0.610. The molecule has 2 heterocycles. The highest BCUT2D eigenvalue weighted by Gasteiger charge is 2.41. The molecule has 2 atom stereocenters. The van der Waals surface area contributed by atoms with Crippen LogP contribution in [0.1, 0.15) is 31.4 Å². The van der Waals surface area contributed by atoms with Crippen molar-refractivity contribution < 1.29 is 13.2 Å². The zero-order valence-corrected chi connectivity index (χ0v) is 16.1. The van der Waals surface area contributed by atoms with E-state index in [2.05, 4.69) is 25.6 Å². The minimum atomic E-state index is -3.30. The molecule has 6 nitrogen and oxygen atoms in total. The van der Waals surface area contributed by atoms with E-state index in [0.717, 1.165) is 28.9 Å². The lowest BCUT2D eigenvalue weighted by molar-refractivity contribution is -0.139. The van der Waals surface area contributed by atoms with E-state index in [1.165, 1.54) is 17.6 Å². The minimum Gasteiger partial charge on any atom is -0.337 e. The van der Waals surface area contributed by atoms with Gasteiger partial charge in [0.05, 0.1) is 18.0 Å². The van der Waals surface area contributed by atoms with Crippen LogP contribution >= 0.6 is 27.3 Å². The summed E-state index contributed by atoms with van der Waals surface area (Å²) >= 11 is 4.85. The number of halogens is 1. The van der Waals surface area contributed by atoms with Gasteiger partial charge in [-0.2, -0.15) is 0 Å². The topological polar surface area (TPSA) is 79.4 Å². The Morgan fingerprint density at radius 1 is 1.48 bits per heavy atom. The van der Waals surface area contributed by atoms with E-state index < -0.39 is 10.0 Å². The third kappa shape index (κ3) is 4.12. The van der Waals surface area contributed by atoms with Crippen molar-refractivity contribution in [2.24, 2.45) is 5.92 Å². The van der Waals surface area contributed by atoms with E-state index in [-0.39, 0.29) is 23.9 Å². The van der Waals surface area contributed by atoms with Gasteiger partial charge in [0, 0.05) is 30.3 Å². The van der Waals surface area contributed by atoms with Crippen molar-refractivity contribution in [3.8, 4) is 0 Å². The van der Waals surface area contributed by atoms with Crippen molar-refractivity contribution in [2.45, 2.75) is 44.2 Å². The molecule has 0 spiro atoms. The van der Waals surface area contributed by atoms with E-state index in [1.807, 2.05) is 10.3 Å². The van der Waals surface area contributed by atoms with Crippen LogP contribution in [0.5, 0.6) is 0 Å². The number of sulfonamides is 1. The Kier molecular flexibility index (Phi) is 5.10. The monoisotopic (exact) mass is 421 g/mol. The molecule has 2 unspecified atom stereocenters. The van der Waals surface area contributed by atoms with Gasteiger partial charge >= 0.3 is 0 Å². The van der Waals surface area contributed by atoms with Crippen LogP contribution in [0.4, 0.5) is 0 Å². The molecular weight excluding hydrogens is 402 g/mol. The summed E-state index contributed by atoms with van der Waals surface area (Å²) in [5, 5.41) is 1.95. The molecule has 2 fully saturated rings. The van der Waals surface area contributed by atoms with Crippen molar-refractivity contribution in [3.63, 3.8) is 0 Å². The highest BCUT2D eigenvalue weighted by Crippen LogP contribution is 2.32. The molecule has 0 aromatic carbocycles. The normalized spacial score (nSPS) is 25.6. The molecule has 3 rings (SSSR count). The first-order valence-electron chi connectivity index (χ1n) is 7.71. The number of carbonyl (C=O) groups is 1. The third-order valence-electron chi connectivity index (χ3n) is 4.59. The molecule has 1 aliphatic carbocycles. The fourth-order valence-electron chi connectivity index (χ4n) is 3.27. The number of nitrogens with one attached hydrogen (secondary N) is 1. The van der Waals surface area contributed by atoms with Gasteiger partial charge in [-0.3, -0.25) is 4.79 Å². The average molecular weight is 422 g/mol. The summed E-state index contributed by atoms with van der Waals surface area (Å²) in [7, 11) is -3.30. The highest BCUT2D eigenvalue weighted by atomic mass is 79.9. The first-order valence-corrected chi connectivity index (χ1v) is 11.3. The fraction of sp³-hybridized carbons (Fsp3) is 0.714. The molecule has 1 saturated carbocycles. The summed E-state index contributed by atoms with van der Waals surface area (Å²) in [4.78, 5) is 18.9. The number of hydrogen-bond donors (Lipinski definition) is 1. The Balaban J connectivity index is 1.79. The number of likely N-dealkylation sites (tertiary alicyclic amines) is 1. The largest absolute Gasteiger partial charge is 0.337 e. The summed E-state index contributed by atoms with van der Waals surface area (Å²) < 4.78 is 26.8. The van der Waals surface area contributed by atoms with Crippen LogP contribution < -0.4 is 4.72 Å². The minimum absolute atomic E-state index is 0.122. The summed E-state index contributed by atoms with van der Waals surface area (Å²) in [6, 6.07) is -0.402. The number of nitrogens with zero attached hydrogens (tertiary/aromatic N) is 2. The van der Waals surface area contributed by atoms with Crippen LogP contribution in [-0.2, 0) is 21.2 Å². The van der Waals surface area contributed by atoms with E-state index in [4.69, 9.17) is 0 Å². The average Bonchev–Trinajstić information content (AvgIpc) is 2.94. The first kappa shape index (κ1) is 17.3. The smallest absolute Gasteiger partial charge is 0.225 e. The lowest BCUT2D eigenvalue weighted by Crippen LogP contribution is -2.49. The lowest BCUT2D eigenvalue weighted by Gasteiger charge is -2.34. The summed E-state index contributed by atoms with van der Waals surface area (Å²) in [5.74, 6) is 0.296. The number of aromatic nitrogens is 1. The lowest BCUT2D eigenvalue weighted by atomic mass is 9.84. The Morgan fingerprint density at radius 2 is 2.22 bits per heavy atom. The first-order chi connectivity index (χ1) is 10.8. The van der Waals surface area contributed by atoms with Crippen LogP contribution in [0.25, 0.3) is 0 Å². The maximum absolute atomic E-state index is 12.7. The van der Waals surface area contributed by atoms with Gasteiger partial charge in [0.25, 0.3) is 0 Å². The van der Waals surface area contributed by atoms with Crippen LogP contribution in [0.2, 0.25) is 0 Å². The van der Waals surface area contributed by atoms with E-state index in [9.17, 15) is 13.2 Å². The zero-order chi connectivity index (χ0) is 16.6. The molecule has 1 aromatic heterocycles. The van der Waals surface area contributed by atoms with E-state index >= 15 is 0 Å². The number of thiazole rings is 1. The van der Waals surface area contributed by atoms with Gasteiger partial charge in [0.1, 0.15) is 0 Å². The molecule has 23 heavy (non-hydrogen) atoms. The number of amides is 1. The Bertz CT molecular complexity index is 687. The second-order valence-corrected chi connectivity index (χ2v) is 10.2. The van der Waals surface area contributed by atoms with Gasteiger partial charge in [-0.15, -0.1) is 11.3 Å². The van der Waals surface area contributed by atoms with E-state index in [1.54, 1.807) is 0 Å². The van der Waals surface area contributed by atoms with Gasteiger partial charge in [-0.05, 0) is 35.2 Å². The molecule has 1 saturated heterocycles. The van der Waals surface area contributed by atoms with E-state index in [0.29, 0.717) is 19.4 Å². The van der Waals surface area contributed by atoms with Crippen LogP contribution in [0, 0.1) is 5.92 Å². The highest BCUT2D eigenvalue weighted by molar-refractivity contribution is 9.11. The van der Waals surface area contributed by atoms with Crippen molar-refractivity contribution in [3.05, 3.63) is 15.0 Å². The fourth-order valence-corrected chi connectivity index (χ4v) is 5.16. The molecule has 1 aromatic rings. The molecule has 2 aliphatic rings. The predicted octanol–water partition coefficient (Wildman–Crippen LogP) is 1.77. The summed E-state index contributed by atoms with van der Waals surface area (Å²) in [5.41, 5.74) is 0.889. The number of carbonyl (C=O) groups excluding carboxylic acids is 1.